The van der Waals surface area contributed by atoms with Crippen molar-refractivity contribution in [3.05, 3.63) is 205 Å². The first kappa shape index (κ1) is 31.7. The van der Waals surface area contributed by atoms with Gasteiger partial charge in [-0.15, -0.1) is 0 Å². The average Bonchev–Trinajstić information content (AvgIpc) is 3.22. The van der Waals surface area contributed by atoms with Crippen LogP contribution < -0.4 is 15.1 Å². The molecule has 252 valence electrons. The van der Waals surface area contributed by atoms with Crippen molar-refractivity contribution in [2.45, 2.75) is 0 Å². The molecule has 0 fully saturated rings. The third-order valence-corrected chi connectivity index (χ3v) is 9.77. The highest BCUT2D eigenvalue weighted by atomic mass is 16.2. The molecule has 0 aromatic heterocycles. The second-order valence-corrected chi connectivity index (χ2v) is 13.0. The molecule has 1 aliphatic heterocycles. The molecule has 5 nitrogen and oxygen atoms in total. The Morgan fingerprint density at radius 3 is 1.21 bits per heavy atom. The SMILES string of the molecule is O=C1NC(=O)c2c(-c3ccc(N(c4ccccc4)c4ccccc4)cc3)c(-c3ccc(N(c4ccccc4)c4ccccc4)cc3)cc3cccc1c23. The maximum Gasteiger partial charge on any atom is 0.259 e. The second-order valence-electron chi connectivity index (χ2n) is 13.0. The molecule has 0 atom stereocenters. The minimum Gasteiger partial charge on any atom is -0.311 e. The number of anilines is 6. The summed E-state index contributed by atoms with van der Waals surface area (Å²) in [5.74, 6) is -0.777. The molecule has 8 aromatic rings. The number of hydrogen-bond acceptors (Lipinski definition) is 4. The molecule has 0 unspecified atom stereocenters. The standard InChI is InChI=1S/C48H33N3O2/c52-47-42-23-13-14-35-32-43(33-24-28-40(29-25-33)50(36-15-5-1-6-16-36)37-17-7-2-8-18-37)44(46(45(35)42)48(53)49-47)34-26-30-41(31-27-34)51(38-19-9-3-10-20-38)39-21-11-4-12-22-39/h1-32H,(H,49,52,53). The lowest BCUT2D eigenvalue weighted by atomic mass is 9.83. The Hall–Kier alpha value is -7.24. The van der Waals surface area contributed by atoms with Gasteiger partial charge in [-0.2, -0.15) is 0 Å². The van der Waals surface area contributed by atoms with E-state index in [9.17, 15) is 9.59 Å². The quantitative estimate of drug-likeness (QED) is 0.162. The molecular formula is C48H33N3O2. The van der Waals surface area contributed by atoms with E-state index in [1.165, 1.54) is 0 Å². The van der Waals surface area contributed by atoms with Gasteiger partial charge < -0.3 is 9.80 Å². The molecule has 1 heterocycles. The Balaban J connectivity index is 1.21. The smallest absolute Gasteiger partial charge is 0.259 e. The van der Waals surface area contributed by atoms with Crippen LogP contribution in [0, 0.1) is 0 Å². The Kier molecular flexibility index (Phi) is 8.06. The molecule has 0 radical (unpaired) electrons. The van der Waals surface area contributed by atoms with E-state index >= 15 is 0 Å². The van der Waals surface area contributed by atoms with Crippen LogP contribution in [0.15, 0.2) is 194 Å². The second kappa shape index (κ2) is 13.5. The van der Waals surface area contributed by atoms with Gasteiger partial charge in [0.05, 0.1) is 5.56 Å². The third-order valence-electron chi connectivity index (χ3n) is 9.77. The minimum atomic E-state index is -0.397. The molecule has 0 saturated carbocycles. The summed E-state index contributed by atoms with van der Waals surface area (Å²) in [5.41, 5.74) is 10.7. The van der Waals surface area contributed by atoms with Gasteiger partial charge in [0.25, 0.3) is 11.8 Å². The molecule has 2 amide bonds. The maximum atomic E-state index is 13.9. The number of para-hydroxylation sites is 4. The highest BCUT2D eigenvalue weighted by Crippen LogP contribution is 2.44. The van der Waals surface area contributed by atoms with Crippen molar-refractivity contribution in [2.75, 3.05) is 9.80 Å². The van der Waals surface area contributed by atoms with E-state index in [0.29, 0.717) is 16.5 Å². The number of benzene rings is 8. The molecule has 0 saturated heterocycles. The minimum absolute atomic E-state index is 0.380. The van der Waals surface area contributed by atoms with E-state index in [1.807, 2.05) is 84.9 Å². The van der Waals surface area contributed by atoms with Crippen LogP contribution in [0.2, 0.25) is 0 Å². The molecule has 5 heteroatoms. The van der Waals surface area contributed by atoms with Crippen LogP contribution in [0.3, 0.4) is 0 Å². The summed E-state index contributed by atoms with van der Waals surface area (Å²) < 4.78 is 0. The van der Waals surface area contributed by atoms with E-state index in [0.717, 1.165) is 61.8 Å². The van der Waals surface area contributed by atoms with E-state index < -0.39 is 5.91 Å². The molecule has 0 bridgehead atoms. The number of nitrogens with one attached hydrogen (secondary N) is 1. The van der Waals surface area contributed by atoms with Crippen molar-refractivity contribution < 1.29 is 9.59 Å². The van der Waals surface area contributed by atoms with Gasteiger partial charge in [-0.25, -0.2) is 0 Å². The molecule has 1 aliphatic rings. The summed E-state index contributed by atoms with van der Waals surface area (Å²) in [5, 5.41) is 4.14. The van der Waals surface area contributed by atoms with Crippen molar-refractivity contribution in [1.82, 2.24) is 5.32 Å². The highest BCUT2D eigenvalue weighted by molar-refractivity contribution is 6.29. The lowest BCUT2D eigenvalue weighted by Gasteiger charge is -2.27. The van der Waals surface area contributed by atoms with Gasteiger partial charge in [0.1, 0.15) is 0 Å². The van der Waals surface area contributed by atoms with Gasteiger partial charge in [0, 0.05) is 50.6 Å². The zero-order valence-electron chi connectivity index (χ0n) is 28.7. The molecule has 9 rings (SSSR count). The van der Waals surface area contributed by atoms with E-state index in [1.54, 1.807) is 6.07 Å². The Bertz CT molecular complexity index is 2510. The fourth-order valence-electron chi connectivity index (χ4n) is 7.40. The van der Waals surface area contributed by atoms with Crippen molar-refractivity contribution in [3.63, 3.8) is 0 Å². The lowest BCUT2D eigenvalue weighted by molar-refractivity contribution is 0.0845. The van der Waals surface area contributed by atoms with Gasteiger partial charge in [0.15, 0.2) is 0 Å². The Morgan fingerprint density at radius 1 is 0.340 bits per heavy atom. The average molecular weight is 684 g/mol. The Morgan fingerprint density at radius 2 is 0.755 bits per heavy atom. The molecular weight excluding hydrogens is 651 g/mol. The third kappa shape index (κ3) is 5.80. The van der Waals surface area contributed by atoms with Gasteiger partial charge in [-0.05, 0) is 107 Å². The number of carbonyl (C=O) groups is 2. The number of imide groups is 1. The largest absolute Gasteiger partial charge is 0.311 e. The zero-order valence-corrected chi connectivity index (χ0v) is 28.7. The monoisotopic (exact) mass is 683 g/mol. The fraction of sp³-hybridized carbons (Fsp3) is 0. The predicted molar refractivity (Wildman–Crippen MR) is 216 cm³/mol. The van der Waals surface area contributed by atoms with Crippen molar-refractivity contribution in [3.8, 4) is 22.3 Å². The van der Waals surface area contributed by atoms with Crippen LogP contribution >= 0.6 is 0 Å². The number of amides is 2. The number of nitrogens with zero attached hydrogens (tertiary/aromatic N) is 2. The van der Waals surface area contributed by atoms with Crippen LogP contribution in [0.25, 0.3) is 33.0 Å². The molecule has 8 aromatic carbocycles. The number of rotatable bonds is 8. The van der Waals surface area contributed by atoms with E-state index in [2.05, 4.69) is 118 Å². The fourth-order valence-corrected chi connectivity index (χ4v) is 7.40. The van der Waals surface area contributed by atoms with Crippen LogP contribution in [0.1, 0.15) is 20.7 Å². The predicted octanol–water partition coefficient (Wildman–Crippen LogP) is 12.0. The first-order valence-corrected chi connectivity index (χ1v) is 17.6. The van der Waals surface area contributed by atoms with E-state index in [-0.39, 0.29) is 5.91 Å². The highest BCUT2D eigenvalue weighted by Gasteiger charge is 2.30. The summed E-state index contributed by atoms with van der Waals surface area (Å²) in [4.78, 5) is 31.4. The molecule has 53 heavy (non-hydrogen) atoms. The van der Waals surface area contributed by atoms with Gasteiger partial charge in [-0.1, -0.05) is 109 Å². The van der Waals surface area contributed by atoms with Crippen LogP contribution in [0.5, 0.6) is 0 Å². The number of hydrogen-bond donors (Lipinski definition) is 1. The summed E-state index contributed by atoms with van der Waals surface area (Å²) in [6.45, 7) is 0. The lowest BCUT2D eigenvalue weighted by Crippen LogP contribution is -2.35. The topological polar surface area (TPSA) is 52.7 Å². The Labute approximate surface area is 308 Å². The maximum absolute atomic E-state index is 13.9. The van der Waals surface area contributed by atoms with Crippen molar-refractivity contribution in [1.29, 1.82) is 0 Å². The molecule has 0 aliphatic carbocycles. The van der Waals surface area contributed by atoms with Gasteiger partial charge >= 0.3 is 0 Å². The molecule has 0 spiro atoms. The number of carbonyl (C=O) groups excluding carboxylic acids is 2. The van der Waals surface area contributed by atoms with Gasteiger partial charge in [-0.3, -0.25) is 14.9 Å². The van der Waals surface area contributed by atoms with Crippen LogP contribution in [-0.2, 0) is 0 Å². The van der Waals surface area contributed by atoms with Crippen molar-refractivity contribution >= 4 is 56.7 Å². The normalized spacial score (nSPS) is 12.0. The molecule has 1 N–H and O–H groups in total. The van der Waals surface area contributed by atoms with Crippen LogP contribution in [0.4, 0.5) is 34.1 Å². The van der Waals surface area contributed by atoms with Crippen molar-refractivity contribution in [2.24, 2.45) is 0 Å². The summed E-state index contributed by atoms with van der Waals surface area (Å²) in [6, 6.07) is 65.7. The summed E-state index contributed by atoms with van der Waals surface area (Å²) in [6.07, 6.45) is 0. The first-order chi connectivity index (χ1) is 26.1. The summed E-state index contributed by atoms with van der Waals surface area (Å²) >= 11 is 0. The van der Waals surface area contributed by atoms with Gasteiger partial charge in [0.2, 0.25) is 0 Å². The zero-order chi connectivity index (χ0) is 35.7. The summed E-state index contributed by atoms with van der Waals surface area (Å²) in [7, 11) is 0. The van der Waals surface area contributed by atoms with E-state index in [4.69, 9.17) is 0 Å². The first-order valence-electron chi connectivity index (χ1n) is 17.6. The van der Waals surface area contributed by atoms with Crippen LogP contribution in [-0.4, -0.2) is 11.8 Å².